The molecular weight excluding hydrogens is 453 g/mol. The van der Waals surface area contributed by atoms with Gasteiger partial charge in [0.05, 0.1) is 22.6 Å². The minimum atomic E-state index is -0.382. The number of rotatable bonds is 2. The summed E-state index contributed by atoms with van der Waals surface area (Å²) in [4.78, 5) is 2.40. The molecule has 0 saturated carbocycles. The summed E-state index contributed by atoms with van der Waals surface area (Å²) in [7, 11) is -0.382. The van der Waals surface area contributed by atoms with Crippen LogP contribution in [0.25, 0.3) is 10.8 Å². The number of hydrogen-bond acceptors (Lipinski definition) is 3. The van der Waals surface area contributed by atoms with Crippen LogP contribution in [0.3, 0.4) is 0 Å². The Hall–Kier alpha value is -3.08. The molecule has 1 saturated heterocycles. The average Bonchev–Trinajstić information content (AvgIpc) is 3.12. The highest BCUT2D eigenvalue weighted by Crippen LogP contribution is 2.51. The molecule has 1 fully saturated rings. The van der Waals surface area contributed by atoms with Gasteiger partial charge < -0.3 is 14.2 Å². The molecule has 2 aliphatic heterocycles. The van der Waals surface area contributed by atoms with Gasteiger partial charge in [0.15, 0.2) is 0 Å². The van der Waals surface area contributed by atoms with Gasteiger partial charge in [0.25, 0.3) is 0 Å². The van der Waals surface area contributed by atoms with Gasteiger partial charge in [-0.25, -0.2) is 0 Å². The third-order valence-electron chi connectivity index (χ3n) is 8.27. The van der Waals surface area contributed by atoms with Gasteiger partial charge in [-0.15, -0.1) is 0 Å². The minimum absolute atomic E-state index is 0.168. The zero-order valence-electron chi connectivity index (χ0n) is 23.4. The molecule has 4 aromatic rings. The van der Waals surface area contributed by atoms with Crippen LogP contribution in [0.15, 0.2) is 84.9 Å². The maximum Gasteiger partial charge on any atom is 0.494 e. The zero-order valence-corrected chi connectivity index (χ0v) is 23.4. The van der Waals surface area contributed by atoms with E-state index in [0.29, 0.717) is 0 Å². The van der Waals surface area contributed by atoms with Crippen molar-refractivity contribution in [3.05, 3.63) is 96.1 Å². The van der Waals surface area contributed by atoms with Crippen LogP contribution < -0.4 is 10.4 Å². The normalized spacial score (nSPS) is 18.6. The van der Waals surface area contributed by atoms with E-state index in [-0.39, 0.29) is 23.7 Å². The highest BCUT2D eigenvalue weighted by Gasteiger charge is 2.52. The van der Waals surface area contributed by atoms with Crippen molar-refractivity contribution in [2.24, 2.45) is 0 Å². The van der Waals surface area contributed by atoms with Gasteiger partial charge in [0, 0.05) is 11.1 Å². The molecule has 4 aromatic carbocycles. The van der Waals surface area contributed by atoms with Gasteiger partial charge in [-0.2, -0.15) is 0 Å². The lowest BCUT2D eigenvalue weighted by Crippen LogP contribution is -2.41. The molecule has 3 nitrogen and oxygen atoms in total. The molecule has 190 valence electrons. The molecule has 4 heteroatoms. The summed E-state index contributed by atoms with van der Waals surface area (Å²) in [5.74, 6) is 0. The van der Waals surface area contributed by atoms with Crippen LogP contribution in [0.1, 0.15) is 66.5 Å². The second kappa shape index (κ2) is 9.04. The lowest BCUT2D eigenvalue weighted by molar-refractivity contribution is 0.00578. The predicted molar refractivity (Wildman–Crippen MR) is 158 cm³/mol. The second-order valence-electron chi connectivity index (χ2n) is 11.4. The highest BCUT2D eigenvalue weighted by atomic mass is 16.7. The molecular formula is C33H38BNO2. The van der Waals surface area contributed by atoms with E-state index in [4.69, 9.17) is 9.31 Å². The first kappa shape index (κ1) is 25.6. The zero-order chi connectivity index (χ0) is 26.6. The van der Waals surface area contributed by atoms with E-state index in [1.807, 2.05) is 13.8 Å². The van der Waals surface area contributed by atoms with Crippen LogP contribution in [0.5, 0.6) is 0 Å². The smallest absolute Gasteiger partial charge is 0.399 e. The quantitative estimate of drug-likeness (QED) is 0.264. The first-order valence-electron chi connectivity index (χ1n) is 13.5. The summed E-state index contributed by atoms with van der Waals surface area (Å²) in [5.41, 5.74) is 6.33. The molecule has 0 amide bonds. The summed E-state index contributed by atoms with van der Waals surface area (Å²) in [6.07, 6.45) is 0. The van der Waals surface area contributed by atoms with Crippen molar-refractivity contribution in [2.75, 3.05) is 4.90 Å². The maximum atomic E-state index is 6.40. The fourth-order valence-electron chi connectivity index (χ4n) is 5.44. The summed E-state index contributed by atoms with van der Waals surface area (Å²) in [5, 5.41) is 2.49. The van der Waals surface area contributed by atoms with Gasteiger partial charge in [-0.3, -0.25) is 0 Å². The van der Waals surface area contributed by atoms with E-state index in [2.05, 4.69) is 131 Å². The average molecular weight is 491 g/mol. The Kier molecular flexibility index (Phi) is 6.25. The Bertz CT molecular complexity index is 1440. The molecule has 0 unspecified atom stereocenters. The van der Waals surface area contributed by atoms with Crippen molar-refractivity contribution >= 4 is 40.4 Å². The lowest BCUT2D eigenvalue weighted by atomic mass is 9.69. The predicted octanol–water partition coefficient (Wildman–Crippen LogP) is 8.27. The topological polar surface area (TPSA) is 21.7 Å². The molecule has 0 bridgehead atoms. The fraction of sp³-hybridized carbons (Fsp3) is 0.333. The molecule has 0 spiro atoms. The third kappa shape index (κ3) is 4.07. The van der Waals surface area contributed by atoms with Gasteiger partial charge in [0.1, 0.15) is 0 Å². The maximum absolute atomic E-state index is 6.40. The van der Waals surface area contributed by atoms with E-state index in [0.717, 1.165) is 11.2 Å². The Labute approximate surface area is 222 Å². The standard InChI is InChI=1S/C31H32BNO2.C2H6/c1-29(2)25-13-9-10-14-27(25)33(24-17-15-21-11-7-8-12-22(21)19-24)28-18-16-23(20-26(28)29)32-34-30(3,4)31(5,6)35-32;1-2/h7-20H,1-6H3;1-2H3. The van der Waals surface area contributed by atoms with Crippen molar-refractivity contribution in [1.82, 2.24) is 0 Å². The van der Waals surface area contributed by atoms with Gasteiger partial charge in [-0.05, 0) is 79.3 Å². The SMILES string of the molecule is CC.CC1(C)c2ccccc2N(c2ccc3ccccc3c2)c2ccc(B3OC(C)(C)C(C)(C)O3)cc21. The summed E-state index contributed by atoms with van der Waals surface area (Å²) in [6.45, 7) is 17.0. The molecule has 2 heterocycles. The molecule has 0 atom stereocenters. The molecule has 0 aromatic heterocycles. The Morgan fingerprint density at radius 1 is 0.595 bits per heavy atom. The molecule has 6 rings (SSSR count). The summed E-state index contributed by atoms with van der Waals surface area (Å²) >= 11 is 0. The van der Waals surface area contributed by atoms with Crippen molar-refractivity contribution < 1.29 is 9.31 Å². The fourth-order valence-corrected chi connectivity index (χ4v) is 5.44. The van der Waals surface area contributed by atoms with Gasteiger partial charge >= 0.3 is 7.12 Å². The number of benzene rings is 4. The number of fused-ring (bicyclic) bond motifs is 3. The van der Waals surface area contributed by atoms with Crippen LogP contribution >= 0.6 is 0 Å². The van der Waals surface area contributed by atoms with Crippen molar-refractivity contribution in [3.63, 3.8) is 0 Å². The van der Waals surface area contributed by atoms with E-state index in [1.165, 1.54) is 33.3 Å². The minimum Gasteiger partial charge on any atom is -0.399 e. The van der Waals surface area contributed by atoms with Crippen LogP contribution in [-0.4, -0.2) is 18.3 Å². The highest BCUT2D eigenvalue weighted by molar-refractivity contribution is 6.62. The van der Waals surface area contributed by atoms with E-state index >= 15 is 0 Å². The van der Waals surface area contributed by atoms with Crippen LogP contribution in [0.2, 0.25) is 0 Å². The lowest BCUT2D eigenvalue weighted by Gasteiger charge is -2.42. The van der Waals surface area contributed by atoms with Crippen molar-refractivity contribution in [2.45, 2.75) is 72.0 Å². The largest absolute Gasteiger partial charge is 0.494 e. The molecule has 2 aliphatic rings. The monoisotopic (exact) mass is 491 g/mol. The number of para-hydroxylation sites is 1. The van der Waals surface area contributed by atoms with E-state index in [9.17, 15) is 0 Å². The molecule has 0 N–H and O–H groups in total. The third-order valence-corrected chi connectivity index (χ3v) is 8.27. The number of anilines is 3. The number of hydrogen-bond donors (Lipinski definition) is 0. The summed E-state index contributed by atoms with van der Waals surface area (Å²) < 4.78 is 12.8. The molecule has 0 aliphatic carbocycles. The first-order chi connectivity index (χ1) is 17.6. The van der Waals surface area contributed by atoms with Crippen molar-refractivity contribution in [1.29, 1.82) is 0 Å². The van der Waals surface area contributed by atoms with Crippen LogP contribution in [0.4, 0.5) is 17.1 Å². The van der Waals surface area contributed by atoms with Crippen molar-refractivity contribution in [3.8, 4) is 0 Å². The number of nitrogens with zero attached hydrogens (tertiary/aromatic N) is 1. The van der Waals surface area contributed by atoms with E-state index in [1.54, 1.807) is 0 Å². The molecule has 0 radical (unpaired) electrons. The first-order valence-corrected chi connectivity index (χ1v) is 13.5. The van der Waals surface area contributed by atoms with Gasteiger partial charge in [0.2, 0.25) is 0 Å². The van der Waals surface area contributed by atoms with Crippen LogP contribution in [-0.2, 0) is 14.7 Å². The Morgan fingerprint density at radius 3 is 1.89 bits per heavy atom. The second-order valence-corrected chi connectivity index (χ2v) is 11.4. The van der Waals surface area contributed by atoms with E-state index < -0.39 is 0 Å². The Balaban J connectivity index is 0.00000137. The van der Waals surface area contributed by atoms with Crippen LogP contribution in [0, 0.1) is 0 Å². The molecule has 37 heavy (non-hydrogen) atoms. The van der Waals surface area contributed by atoms with Gasteiger partial charge in [-0.1, -0.05) is 88.4 Å². The summed E-state index contributed by atoms with van der Waals surface area (Å²) in [6, 6.07) is 30.7. The Morgan fingerprint density at radius 2 is 1.19 bits per heavy atom.